The first-order valence-corrected chi connectivity index (χ1v) is 6.93. The molecule has 1 saturated carbocycles. The average molecular weight is 265 g/mol. The predicted molar refractivity (Wildman–Crippen MR) is 71.6 cm³/mol. The summed E-state index contributed by atoms with van der Waals surface area (Å²) in [5, 5.41) is 12.3. The van der Waals surface area contributed by atoms with E-state index in [2.05, 4.69) is 5.32 Å². The maximum atomic E-state index is 12.8. The van der Waals surface area contributed by atoms with Crippen LogP contribution in [0.2, 0.25) is 0 Å². The summed E-state index contributed by atoms with van der Waals surface area (Å²) in [5.74, 6) is -0.386. The highest BCUT2D eigenvalue weighted by Gasteiger charge is 2.15. The van der Waals surface area contributed by atoms with E-state index in [0.717, 1.165) is 24.8 Å². The number of nitrogens with one attached hydrogen (secondary N) is 1. The molecule has 0 unspecified atom stereocenters. The van der Waals surface area contributed by atoms with Crippen LogP contribution in [0.25, 0.3) is 0 Å². The monoisotopic (exact) mass is 265 g/mol. The molecule has 2 rings (SSSR count). The van der Waals surface area contributed by atoms with Gasteiger partial charge in [-0.15, -0.1) is 0 Å². The minimum absolute atomic E-state index is 0.127. The summed E-state index contributed by atoms with van der Waals surface area (Å²) < 4.78 is 12.8. The number of halogens is 1. The molecule has 1 aliphatic carbocycles. The van der Waals surface area contributed by atoms with Crippen molar-refractivity contribution in [2.45, 2.75) is 38.5 Å². The molecule has 1 aliphatic rings. The average Bonchev–Trinajstić information content (AvgIpc) is 2.87. The minimum atomic E-state index is -0.546. The Morgan fingerprint density at radius 3 is 2.79 bits per heavy atom. The molecular weight excluding hydrogens is 245 g/mol. The molecule has 2 N–H and O–H groups in total. The smallest absolute Gasteiger partial charge is 0.255 e. The zero-order valence-corrected chi connectivity index (χ0v) is 11.0. The number of carbonyl (C=O) groups excluding carboxylic acids is 1. The van der Waals surface area contributed by atoms with E-state index in [-0.39, 0.29) is 17.2 Å². The van der Waals surface area contributed by atoms with Crippen molar-refractivity contribution in [3.63, 3.8) is 0 Å². The van der Waals surface area contributed by atoms with Crippen molar-refractivity contribution in [2.75, 3.05) is 6.54 Å². The van der Waals surface area contributed by atoms with Gasteiger partial charge in [0.2, 0.25) is 0 Å². The number of hydrogen-bond donors (Lipinski definition) is 2. The van der Waals surface area contributed by atoms with Gasteiger partial charge in [0.05, 0.1) is 5.56 Å². The fourth-order valence-electron chi connectivity index (χ4n) is 2.68. The van der Waals surface area contributed by atoms with Gasteiger partial charge in [-0.3, -0.25) is 4.79 Å². The first-order valence-electron chi connectivity index (χ1n) is 6.93. The van der Waals surface area contributed by atoms with Crippen LogP contribution >= 0.6 is 0 Å². The highest BCUT2D eigenvalue weighted by Crippen LogP contribution is 2.28. The Bertz CT molecular complexity index is 442. The van der Waals surface area contributed by atoms with E-state index in [0.29, 0.717) is 6.54 Å². The molecule has 3 nitrogen and oxygen atoms in total. The van der Waals surface area contributed by atoms with Gasteiger partial charge in [0.1, 0.15) is 11.6 Å². The van der Waals surface area contributed by atoms with Gasteiger partial charge in [-0.1, -0.05) is 25.7 Å². The third-order valence-electron chi connectivity index (χ3n) is 3.75. The standard InChI is InChI=1S/C15H20FNO2/c16-12-7-8-13(14(18)10-12)15(19)17-9-3-6-11-4-1-2-5-11/h7-8,10-11,18H,1-6,9H2,(H,17,19). The van der Waals surface area contributed by atoms with E-state index >= 15 is 0 Å². The molecular formula is C15H20FNO2. The van der Waals surface area contributed by atoms with Crippen molar-refractivity contribution in [3.8, 4) is 5.75 Å². The Balaban J connectivity index is 1.74. The van der Waals surface area contributed by atoms with Crippen LogP contribution in [-0.4, -0.2) is 17.6 Å². The maximum Gasteiger partial charge on any atom is 0.255 e. The number of rotatable bonds is 5. The summed E-state index contributed by atoms with van der Waals surface area (Å²) in [7, 11) is 0. The fourth-order valence-corrected chi connectivity index (χ4v) is 2.68. The first kappa shape index (κ1) is 13.8. The highest BCUT2D eigenvalue weighted by atomic mass is 19.1. The number of carbonyl (C=O) groups is 1. The number of hydrogen-bond acceptors (Lipinski definition) is 2. The maximum absolute atomic E-state index is 12.8. The number of phenols is 1. The molecule has 0 atom stereocenters. The third kappa shape index (κ3) is 3.94. The molecule has 1 amide bonds. The van der Waals surface area contributed by atoms with Crippen LogP contribution in [0.5, 0.6) is 5.75 Å². The van der Waals surface area contributed by atoms with Gasteiger partial charge in [-0.25, -0.2) is 4.39 Å². The molecule has 19 heavy (non-hydrogen) atoms. The van der Waals surface area contributed by atoms with Crippen LogP contribution in [-0.2, 0) is 0 Å². The Labute approximate surface area is 112 Å². The van der Waals surface area contributed by atoms with E-state index in [1.54, 1.807) is 0 Å². The van der Waals surface area contributed by atoms with Crippen LogP contribution in [0.4, 0.5) is 4.39 Å². The molecule has 0 heterocycles. The lowest BCUT2D eigenvalue weighted by Crippen LogP contribution is -2.24. The topological polar surface area (TPSA) is 49.3 Å². The van der Waals surface area contributed by atoms with E-state index < -0.39 is 5.82 Å². The quantitative estimate of drug-likeness (QED) is 0.803. The van der Waals surface area contributed by atoms with Gasteiger partial charge < -0.3 is 10.4 Å². The Hall–Kier alpha value is -1.58. The number of aromatic hydroxyl groups is 1. The zero-order chi connectivity index (χ0) is 13.7. The van der Waals surface area contributed by atoms with Gasteiger partial charge in [-0.05, 0) is 30.9 Å². The number of benzene rings is 1. The molecule has 0 aromatic heterocycles. The summed E-state index contributed by atoms with van der Waals surface area (Å²) in [5.41, 5.74) is 0.127. The van der Waals surface area contributed by atoms with Crippen LogP contribution < -0.4 is 5.32 Å². The molecule has 0 saturated heterocycles. The lowest BCUT2D eigenvalue weighted by molar-refractivity contribution is 0.0949. The van der Waals surface area contributed by atoms with Crippen LogP contribution in [0.15, 0.2) is 18.2 Å². The summed E-state index contributed by atoms with van der Waals surface area (Å²) >= 11 is 0. The van der Waals surface area contributed by atoms with Crippen molar-refractivity contribution in [3.05, 3.63) is 29.6 Å². The van der Waals surface area contributed by atoms with Crippen molar-refractivity contribution < 1.29 is 14.3 Å². The van der Waals surface area contributed by atoms with E-state index in [9.17, 15) is 14.3 Å². The van der Waals surface area contributed by atoms with Gasteiger partial charge in [0, 0.05) is 12.6 Å². The largest absolute Gasteiger partial charge is 0.507 e. The van der Waals surface area contributed by atoms with Gasteiger partial charge in [-0.2, -0.15) is 0 Å². The summed E-state index contributed by atoms with van der Waals surface area (Å²) in [6, 6.07) is 3.43. The lowest BCUT2D eigenvalue weighted by atomic mass is 10.0. The van der Waals surface area contributed by atoms with Gasteiger partial charge in [0.25, 0.3) is 5.91 Å². The van der Waals surface area contributed by atoms with Gasteiger partial charge >= 0.3 is 0 Å². The zero-order valence-electron chi connectivity index (χ0n) is 11.0. The molecule has 0 aliphatic heterocycles. The number of amides is 1. The molecule has 0 bridgehead atoms. The van der Waals surface area contributed by atoms with Gasteiger partial charge in [0.15, 0.2) is 0 Å². The summed E-state index contributed by atoms with van der Waals surface area (Å²) in [6.07, 6.45) is 7.40. The van der Waals surface area contributed by atoms with Crippen LogP contribution in [0.1, 0.15) is 48.9 Å². The van der Waals surface area contributed by atoms with Crippen molar-refractivity contribution in [2.24, 2.45) is 5.92 Å². The molecule has 1 fully saturated rings. The fraction of sp³-hybridized carbons (Fsp3) is 0.533. The Morgan fingerprint density at radius 2 is 2.11 bits per heavy atom. The van der Waals surface area contributed by atoms with E-state index in [4.69, 9.17) is 0 Å². The van der Waals surface area contributed by atoms with Crippen molar-refractivity contribution >= 4 is 5.91 Å². The second-order valence-electron chi connectivity index (χ2n) is 5.21. The minimum Gasteiger partial charge on any atom is -0.507 e. The Kier molecular flexibility index (Phi) is 4.77. The molecule has 0 radical (unpaired) electrons. The lowest BCUT2D eigenvalue weighted by Gasteiger charge is -2.10. The SMILES string of the molecule is O=C(NCCCC1CCCC1)c1ccc(F)cc1O. The molecule has 1 aromatic rings. The van der Waals surface area contributed by atoms with Crippen molar-refractivity contribution in [1.29, 1.82) is 0 Å². The molecule has 104 valence electrons. The normalized spacial score (nSPS) is 15.6. The summed E-state index contributed by atoms with van der Waals surface area (Å²) in [4.78, 5) is 11.8. The van der Waals surface area contributed by atoms with E-state index in [1.165, 1.54) is 37.8 Å². The third-order valence-corrected chi connectivity index (χ3v) is 3.75. The second kappa shape index (κ2) is 6.55. The molecule has 1 aromatic carbocycles. The summed E-state index contributed by atoms with van der Waals surface area (Å²) in [6.45, 7) is 0.603. The second-order valence-corrected chi connectivity index (χ2v) is 5.21. The van der Waals surface area contributed by atoms with Crippen LogP contribution in [0, 0.1) is 11.7 Å². The molecule has 4 heteroatoms. The molecule has 0 spiro atoms. The number of phenolic OH excluding ortho intramolecular Hbond substituents is 1. The predicted octanol–water partition coefficient (Wildman–Crippen LogP) is 3.23. The van der Waals surface area contributed by atoms with E-state index in [1.807, 2.05) is 0 Å². The first-order chi connectivity index (χ1) is 9.16. The highest BCUT2D eigenvalue weighted by molar-refractivity contribution is 5.96. The van der Waals surface area contributed by atoms with Crippen LogP contribution in [0.3, 0.4) is 0 Å². The van der Waals surface area contributed by atoms with Crippen molar-refractivity contribution in [1.82, 2.24) is 5.32 Å². The Morgan fingerprint density at radius 1 is 1.37 bits per heavy atom.